The summed E-state index contributed by atoms with van der Waals surface area (Å²) in [6.07, 6.45) is 0. The summed E-state index contributed by atoms with van der Waals surface area (Å²) in [5.74, 6) is 0.0524. The fourth-order valence-electron chi connectivity index (χ4n) is 0.541. The largest absolute Gasteiger partial charge is 0.441 e. The Labute approximate surface area is 74.4 Å². The lowest BCUT2D eigenvalue weighted by atomic mass is 10.3. The summed E-state index contributed by atoms with van der Waals surface area (Å²) in [5, 5.41) is 2.84. The van der Waals surface area contributed by atoms with Crippen molar-refractivity contribution in [2.24, 2.45) is 0 Å². The van der Waals surface area contributed by atoms with Crippen LogP contribution in [0.4, 0.5) is 13.2 Å². The van der Waals surface area contributed by atoms with Crippen molar-refractivity contribution in [2.75, 3.05) is 18.8 Å². The molecule has 0 saturated heterocycles. The van der Waals surface area contributed by atoms with E-state index in [0.717, 1.165) is 5.57 Å². The molecule has 1 N–H and O–H groups in total. The Balaban J connectivity index is 3.17. The van der Waals surface area contributed by atoms with Crippen LogP contribution in [0, 0.1) is 0 Å². The van der Waals surface area contributed by atoms with Gasteiger partial charge in [-0.25, -0.2) is 0 Å². The summed E-state index contributed by atoms with van der Waals surface area (Å²) < 4.78 is 34.7. The van der Waals surface area contributed by atoms with Gasteiger partial charge in [0.1, 0.15) is 0 Å². The lowest BCUT2D eigenvalue weighted by Gasteiger charge is -2.06. The van der Waals surface area contributed by atoms with E-state index in [9.17, 15) is 13.2 Å². The SMILES string of the molecule is C=C(C)CNCCSC(F)(F)F. The van der Waals surface area contributed by atoms with Gasteiger partial charge >= 0.3 is 5.51 Å². The predicted octanol–water partition coefficient (Wildman–Crippen LogP) is 2.41. The Hall–Kier alpha value is -0.160. The van der Waals surface area contributed by atoms with E-state index in [2.05, 4.69) is 11.9 Å². The average molecular weight is 199 g/mol. The minimum Gasteiger partial charge on any atom is -0.312 e. The van der Waals surface area contributed by atoms with Gasteiger partial charge in [0.25, 0.3) is 0 Å². The molecular formula is C7H12F3NS. The van der Waals surface area contributed by atoms with E-state index in [0.29, 0.717) is 13.1 Å². The van der Waals surface area contributed by atoms with Gasteiger partial charge < -0.3 is 5.32 Å². The molecule has 0 fully saturated rings. The fourth-order valence-corrected chi connectivity index (χ4v) is 1.02. The first kappa shape index (κ1) is 11.8. The highest BCUT2D eigenvalue weighted by molar-refractivity contribution is 8.00. The zero-order chi connectivity index (χ0) is 9.61. The summed E-state index contributed by atoms with van der Waals surface area (Å²) in [5.41, 5.74) is -3.18. The first-order valence-electron chi connectivity index (χ1n) is 3.47. The van der Waals surface area contributed by atoms with E-state index in [-0.39, 0.29) is 17.5 Å². The van der Waals surface area contributed by atoms with Crippen molar-refractivity contribution >= 4 is 11.8 Å². The van der Waals surface area contributed by atoms with Crippen LogP contribution in [0.25, 0.3) is 0 Å². The third-order valence-electron chi connectivity index (χ3n) is 0.971. The van der Waals surface area contributed by atoms with Crippen LogP contribution in [0.2, 0.25) is 0 Å². The number of nitrogens with one attached hydrogen (secondary N) is 1. The first-order chi connectivity index (χ1) is 5.42. The van der Waals surface area contributed by atoms with Crippen molar-refractivity contribution < 1.29 is 13.2 Å². The van der Waals surface area contributed by atoms with Crippen molar-refractivity contribution in [3.63, 3.8) is 0 Å². The molecule has 72 valence electrons. The smallest absolute Gasteiger partial charge is 0.312 e. The molecule has 0 heterocycles. The molecule has 0 radical (unpaired) electrons. The molecule has 5 heteroatoms. The van der Waals surface area contributed by atoms with Gasteiger partial charge in [-0.05, 0) is 18.7 Å². The molecule has 12 heavy (non-hydrogen) atoms. The Kier molecular flexibility index (Phi) is 5.41. The van der Waals surface area contributed by atoms with Crippen LogP contribution in [0.1, 0.15) is 6.92 Å². The topological polar surface area (TPSA) is 12.0 Å². The summed E-state index contributed by atoms with van der Waals surface area (Å²) in [4.78, 5) is 0. The van der Waals surface area contributed by atoms with Gasteiger partial charge in [0, 0.05) is 18.8 Å². The summed E-state index contributed by atoms with van der Waals surface area (Å²) in [6.45, 7) is 6.37. The van der Waals surface area contributed by atoms with Gasteiger partial charge in [0.2, 0.25) is 0 Å². The maximum absolute atomic E-state index is 11.6. The molecule has 1 nitrogen and oxygen atoms in total. The maximum atomic E-state index is 11.6. The minimum absolute atomic E-state index is 0.00693. The first-order valence-corrected chi connectivity index (χ1v) is 4.46. The molecule has 0 saturated carbocycles. The highest BCUT2D eigenvalue weighted by Crippen LogP contribution is 2.29. The normalized spacial score (nSPS) is 11.7. The molecular weight excluding hydrogens is 187 g/mol. The Morgan fingerprint density at radius 3 is 2.50 bits per heavy atom. The quantitative estimate of drug-likeness (QED) is 0.539. The van der Waals surface area contributed by atoms with Crippen molar-refractivity contribution in [3.05, 3.63) is 12.2 Å². The fraction of sp³-hybridized carbons (Fsp3) is 0.714. The molecule has 0 aromatic rings. The Morgan fingerprint density at radius 2 is 2.08 bits per heavy atom. The van der Waals surface area contributed by atoms with Gasteiger partial charge in [-0.2, -0.15) is 13.2 Å². The maximum Gasteiger partial charge on any atom is 0.441 e. The van der Waals surface area contributed by atoms with Crippen LogP contribution < -0.4 is 5.32 Å². The van der Waals surface area contributed by atoms with Crippen LogP contribution in [-0.4, -0.2) is 24.4 Å². The van der Waals surface area contributed by atoms with E-state index in [4.69, 9.17) is 0 Å². The second kappa shape index (κ2) is 5.48. The highest BCUT2D eigenvalue weighted by atomic mass is 32.2. The number of rotatable bonds is 5. The van der Waals surface area contributed by atoms with Crippen molar-refractivity contribution in [2.45, 2.75) is 12.4 Å². The average Bonchev–Trinajstić information content (AvgIpc) is 1.83. The number of alkyl halides is 3. The Bertz CT molecular complexity index is 144. The zero-order valence-corrected chi connectivity index (χ0v) is 7.69. The van der Waals surface area contributed by atoms with Gasteiger partial charge in [-0.3, -0.25) is 0 Å². The highest BCUT2D eigenvalue weighted by Gasteiger charge is 2.27. The van der Waals surface area contributed by atoms with Gasteiger partial charge in [-0.15, -0.1) is 0 Å². The van der Waals surface area contributed by atoms with E-state index in [1.165, 1.54) is 0 Å². The van der Waals surface area contributed by atoms with Gasteiger partial charge in [0.05, 0.1) is 0 Å². The van der Waals surface area contributed by atoms with Crippen molar-refractivity contribution in [1.82, 2.24) is 5.32 Å². The third kappa shape index (κ3) is 9.84. The number of hydrogen-bond acceptors (Lipinski definition) is 2. The second-order valence-corrected chi connectivity index (χ2v) is 3.59. The summed E-state index contributed by atoms with van der Waals surface area (Å²) in [6, 6.07) is 0. The van der Waals surface area contributed by atoms with Crippen molar-refractivity contribution in [1.29, 1.82) is 0 Å². The van der Waals surface area contributed by atoms with Gasteiger partial charge in [0.15, 0.2) is 0 Å². The van der Waals surface area contributed by atoms with Crippen LogP contribution in [0.15, 0.2) is 12.2 Å². The Morgan fingerprint density at radius 1 is 1.50 bits per heavy atom. The molecule has 0 unspecified atom stereocenters. The monoisotopic (exact) mass is 199 g/mol. The van der Waals surface area contributed by atoms with E-state index < -0.39 is 5.51 Å². The summed E-state index contributed by atoms with van der Waals surface area (Å²) in [7, 11) is 0. The molecule has 0 bridgehead atoms. The van der Waals surface area contributed by atoms with Crippen LogP contribution in [0.3, 0.4) is 0 Å². The van der Waals surface area contributed by atoms with E-state index >= 15 is 0 Å². The molecule has 0 aliphatic heterocycles. The number of halogens is 3. The molecule has 0 aromatic heterocycles. The second-order valence-electron chi connectivity index (χ2n) is 2.43. The zero-order valence-electron chi connectivity index (χ0n) is 6.87. The molecule has 0 atom stereocenters. The van der Waals surface area contributed by atoms with Gasteiger partial charge in [-0.1, -0.05) is 12.2 Å². The molecule has 0 aromatic carbocycles. The molecule has 0 rings (SSSR count). The predicted molar refractivity (Wildman–Crippen MR) is 46.2 cm³/mol. The standard InChI is InChI=1S/C7H12F3NS/c1-6(2)5-11-3-4-12-7(8,9)10/h11H,1,3-5H2,2H3. The molecule has 0 aliphatic rings. The molecule has 0 amide bonds. The van der Waals surface area contributed by atoms with Crippen LogP contribution in [0.5, 0.6) is 0 Å². The minimum atomic E-state index is -4.11. The lowest BCUT2D eigenvalue weighted by Crippen LogP contribution is -2.20. The van der Waals surface area contributed by atoms with Crippen LogP contribution in [-0.2, 0) is 0 Å². The van der Waals surface area contributed by atoms with E-state index in [1.807, 2.05) is 6.92 Å². The number of hydrogen-bond donors (Lipinski definition) is 1. The lowest BCUT2D eigenvalue weighted by molar-refractivity contribution is -0.0327. The molecule has 0 aliphatic carbocycles. The van der Waals surface area contributed by atoms with E-state index in [1.54, 1.807) is 0 Å². The van der Waals surface area contributed by atoms with Crippen molar-refractivity contribution in [3.8, 4) is 0 Å². The molecule has 0 spiro atoms. The summed E-state index contributed by atoms with van der Waals surface area (Å²) >= 11 is -0.00693. The third-order valence-corrected chi connectivity index (χ3v) is 1.71. The van der Waals surface area contributed by atoms with Crippen LogP contribution >= 0.6 is 11.8 Å². The number of thioether (sulfide) groups is 1.